The van der Waals surface area contributed by atoms with E-state index in [1.54, 1.807) is 37.4 Å². The predicted molar refractivity (Wildman–Crippen MR) is 255 cm³/mol. The number of nitrogen functional groups attached to an aromatic ring is 1. The molecule has 0 saturated carbocycles. The van der Waals surface area contributed by atoms with Gasteiger partial charge >= 0.3 is 23.9 Å². The largest absolute Gasteiger partial charge is 0.481 e. The van der Waals surface area contributed by atoms with Crippen LogP contribution in [0.5, 0.6) is 0 Å². The Morgan fingerprint density at radius 1 is 0.789 bits per heavy atom. The SMILES string of the molecule is Cc1nc(N)c2nc(CCc3ccc(C(=O)C[C@@H](CCC(=O)OCCSSC[C@H](CC(=O)[C@H](CCC(=O)NC[C@H](O)[C@@H](O)[C@H](O)[C@H](O)CO)NC(=O)[C@@H](C)CCC(=O)O)C(=O)O)C(=O)O)cc3)cnc2n1. The van der Waals surface area contributed by atoms with Crippen LogP contribution in [0.3, 0.4) is 0 Å². The summed E-state index contributed by atoms with van der Waals surface area (Å²) in [5, 5.41) is 81.7. The number of nitrogens with zero attached hydrogens (tertiary/aromatic N) is 4. The maximum absolute atomic E-state index is 13.4. The summed E-state index contributed by atoms with van der Waals surface area (Å²) in [7, 11) is 2.18. The minimum atomic E-state index is -1.96. The molecule has 8 atom stereocenters. The number of ether oxygens (including phenoxy) is 1. The number of aryl methyl sites for hydroxylation is 3. The highest BCUT2D eigenvalue weighted by Crippen LogP contribution is 2.27. The smallest absolute Gasteiger partial charge is 0.307 e. The molecular formula is C45H61N7O17S2. The van der Waals surface area contributed by atoms with Crippen molar-refractivity contribution < 1.29 is 83.9 Å². The molecule has 0 saturated heterocycles. The van der Waals surface area contributed by atoms with Gasteiger partial charge in [-0.1, -0.05) is 52.8 Å². The number of hydrogen-bond donors (Lipinski definition) is 11. The maximum atomic E-state index is 13.4. The number of Topliss-reactive ketones (excluding diaryl/α,β-unsaturated/α-hetero) is 2. The van der Waals surface area contributed by atoms with Crippen LogP contribution in [0, 0.1) is 24.7 Å². The van der Waals surface area contributed by atoms with E-state index in [9.17, 15) is 69.0 Å². The highest BCUT2D eigenvalue weighted by Gasteiger charge is 2.32. The highest BCUT2D eigenvalue weighted by molar-refractivity contribution is 8.76. The van der Waals surface area contributed by atoms with Crippen molar-refractivity contribution >= 4 is 85.8 Å². The average Bonchev–Trinajstić information content (AvgIpc) is 3.33. The first-order valence-electron chi connectivity index (χ1n) is 22.5. The maximum Gasteiger partial charge on any atom is 0.307 e. The molecule has 2 amide bonds. The topological polar surface area (TPSA) is 409 Å². The summed E-state index contributed by atoms with van der Waals surface area (Å²) < 4.78 is 5.21. The molecule has 0 aliphatic heterocycles. The number of ketones is 2. The third kappa shape index (κ3) is 20.8. The van der Waals surface area contributed by atoms with Crippen molar-refractivity contribution in [3.8, 4) is 0 Å². The standard InChI is InChI=1S/C45H61N7O17S2/c1-23(3-13-36(59)60)43(64)52-30(11-12-35(58)47-20-33(56)39(62)40(63)34(57)21-53)32(55)18-28(45(67)68)22-71-70-16-15-69-37(61)14-9-27(44(65)66)17-31(54)26-7-4-25(5-8-26)6-10-29-19-48-42-38(51-29)41(46)49-24(2)50-42/h4-5,7-8,19,23,27-28,30,33-34,39-40,53,56-57,62-63H,3,6,9-18,20-22H2,1-2H3,(H,47,58)(H,52,64)(H,59,60)(H,65,66)(H,67,68)(H2,46,48,49,50)/t23-,27+,28-,30-,33-,34+,39+,40+/m0/s1. The monoisotopic (exact) mass is 1040 g/mol. The molecule has 0 spiro atoms. The van der Waals surface area contributed by atoms with E-state index in [2.05, 4.69) is 30.6 Å². The van der Waals surface area contributed by atoms with Crippen LogP contribution < -0.4 is 16.4 Å². The Morgan fingerprint density at radius 3 is 2.11 bits per heavy atom. The summed E-state index contributed by atoms with van der Waals surface area (Å²) in [6.07, 6.45) is -7.37. The Labute approximate surface area is 415 Å². The lowest BCUT2D eigenvalue weighted by atomic mass is 9.93. The summed E-state index contributed by atoms with van der Waals surface area (Å²) in [4.78, 5) is 117. The second-order valence-electron chi connectivity index (χ2n) is 16.7. The van der Waals surface area contributed by atoms with E-state index >= 15 is 0 Å². The quantitative estimate of drug-likeness (QED) is 0.0163. The van der Waals surface area contributed by atoms with Gasteiger partial charge in [-0.3, -0.25) is 38.4 Å². The number of anilines is 1. The zero-order valence-electron chi connectivity index (χ0n) is 39.0. The number of fused-ring (bicyclic) bond motifs is 1. The van der Waals surface area contributed by atoms with Crippen molar-refractivity contribution in [3.05, 3.63) is 53.1 Å². The van der Waals surface area contributed by atoms with E-state index < -0.39 is 121 Å². The van der Waals surface area contributed by atoms with Crippen molar-refractivity contribution in [1.29, 1.82) is 0 Å². The van der Waals surface area contributed by atoms with Gasteiger partial charge in [0.2, 0.25) is 11.8 Å². The second kappa shape index (κ2) is 30.1. The first-order chi connectivity index (χ1) is 33.6. The van der Waals surface area contributed by atoms with Crippen molar-refractivity contribution in [2.75, 3.05) is 37.0 Å². The number of benzene rings is 1. The third-order valence-corrected chi connectivity index (χ3v) is 13.5. The van der Waals surface area contributed by atoms with Crippen molar-refractivity contribution in [2.45, 2.75) is 109 Å². The summed E-state index contributed by atoms with van der Waals surface area (Å²) in [5.74, 6) is -9.67. The van der Waals surface area contributed by atoms with Gasteiger partial charge in [-0.25, -0.2) is 19.9 Å². The molecule has 3 rings (SSSR count). The van der Waals surface area contributed by atoms with Crippen molar-refractivity contribution in [3.63, 3.8) is 0 Å². The van der Waals surface area contributed by atoms with E-state index in [-0.39, 0.29) is 62.5 Å². The molecule has 71 heavy (non-hydrogen) atoms. The average molecular weight is 1040 g/mol. The van der Waals surface area contributed by atoms with Gasteiger partial charge in [-0.2, -0.15) is 0 Å². The summed E-state index contributed by atoms with van der Waals surface area (Å²) >= 11 is 0. The molecule has 12 N–H and O–H groups in total. The minimum Gasteiger partial charge on any atom is -0.481 e. The van der Waals surface area contributed by atoms with Crippen LogP contribution >= 0.6 is 21.6 Å². The number of carboxylic acid groups (broad SMARTS) is 3. The Bertz CT molecular complexity index is 2310. The van der Waals surface area contributed by atoms with Gasteiger partial charge in [0.25, 0.3) is 0 Å². The lowest BCUT2D eigenvalue weighted by molar-refractivity contribution is -0.145. The fourth-order valence-electron chi connectivity index (χ4n) is 6.69. The molecule has 3 aromatic rings. The molecule has 0 radical (unpaired) electrons. The Kier molecular flexibility index (Phi) is 25.2. The molecule has 0 unspecified atom stereocenters. The van der Waals surface area contributed by atoms with Gasteiger partial charge in [-0.15, -0.1) is 0 Å². The number of esters is 1. The fourth-order valence-corrected chi connectivity index (χ4v) is 8.82. The van der Waals surface area contributed by atoms with Gasteiger partial charge in [0.05, 0.1) is 42.5 Å². The molecule has 2 heterocycles. The number of aromatic nitrogens is 4. The molecule has 0 fully saturated rings. The van der Waals surface area contributed by atoms with Crippen molar-refractivity contribution in [1.82, 2.24) is 30.6 Å². The van der Waals surface area contributed by atoms with Gasteiger partial charge in [-0.05, 0) is 44.6 Å². The summed E-state index contributed by atoms with van der Waals surface area (Å²) in [6.45, 7) is 1.47. The van der Waals surface area contributed by atoms with Gasteiger partial charge in [0.1, 0.15) is 30.7 Å². The van der Waals surface area contributed by atoms with Crippen molar-refractivity contribution in [2.24, 2.45) is 17.8 Å². The molecule has 0 aliphatic rings. The van der Waals surface area contributed by atoms with Gasteiger partial charge < -0.3 is 62.0 Å². The number of carboxylic acids is 3. The Morgan fingerprint density at radius 2 is 1.46 bits per heavy atom. The van der Waals surface area contributed by atoms with E-state index in [1.165, 1.54) is 6.92 Å². The number of aliphatic carboxylic acids is 3. The molecule has 0 aliphatic carbocycles. The number of hydrogen-bond acceptors (Lipinski definition) is 21. The highest BCUT2D eigenvalue weighted by atomic mass is 33.1. The number of aliphatic hydroxyl groups excluding tert-OH is 5. The van der Waals surface area contributed by atoms with E-state index in [1.807, 2.05) is 0 Å². The first kappa shape index (κ1) is 59.4. The summed E-state index contributed by atoms with van der Waals surface area (Å²) in [5.41, 5.74) is 8.66. The van der Waals surface area contributed by atoms with Crippen LogP contribution in [-0.2, 0) is 51.1 Å². The number of carbonyl (C=O) groups is 8. The van der Waals surface area contributed by atoms with E-state index in [0.717, 1.165) is 27.2 Å². The Hall–Kier alpha value is -5.90. The molecular weight excluding hydrogens is 975 g/mol. The van der Waals surface area contributed by atoms with E-state index in [4.69, 9.17) is 20.7 Å². The van der Waals surface area contributed by atoms with Crippen LogP contribution in [-0.4, -0.2) is 170 Å². The zero-order valence-corrected chi connectivity index (χ0v) is 40.7. The first-order valence-corrected chi connectivity index (χ1v) is 25.0. The minimum absolute atomic E-state index is 0.0812. The number of aliphatic hydroxyl groups is 5. The molecule has 24 nitrogen and oxygen atoms in total. The van der Waals surface area contributed by atoms with Crippen LogP contribution in [0.4, 0.5) is 5.82 Å². The number of amides is 2. The van der Waals surface area contributed by atoms with E-state index in [0.29, 0.717) is 41.1 Å². The van der Waals surface area contributed by atoms with Crippen LogP contribution in [0.1, 0.15) is 85.7 Å². The molecule has 1 aromatic carbocycles. The lowest BCUT2D eigenvalue weighted by Crippen LogP contribution is -2.49. The molecule has 390 valence electrons. The third-order valence-electron chi connectivity index (χ3n) is 11.0. The fraction of sp³-hybridized carbons (Fsp3) is 0.556. The molecule has 2 aromatic heterocycles. The predicted octanol–water partition coefficient (Wildman–Crippen LogP) is 0.0520. The van der Waals surface area contributed by atoms with Gasteiger partial charge in [0.15, 0.2) is 28.5 Å². The number of carbonyl (C=O) groups excluding carboxylic acids is 5. The molecule has 26 heteroatoms. The number of rotatable bonds is 34. The number of nitrogens with two attached hydrogens (primary N) is 1. The van der Waals surface area contributed by atoms with Crippen LogP contribution in [0.15, 0.2) is 30.5 Å². The molecule has 0 bridgehead atoms. The second-order valence-corrected chi connectivity index (χ2v) is 19.3. The van der Waals surface area contributed by atoms with Crippen LogP contribution in [0.2, 0.25) is 0 Å². The van der Waals surface area contributed by atoms with Gasteiger partial charge in [0, 0.05) is 61.6 Å². The Balaban J connectivity index is 1.44. The lowest BCUT2D eigenvalue weighted by Gasteiger charge is -2.26. The zero-order chi connectivity index (χ0) is 52.8. The normalized spacial score (nSPS) is 14.7. The van der Waals surface area contributed by atoms with Crippen LogP contribution in [0.25, 0.3) is 11.2 Å². The summed E-state index contributed by atoms with van der Waals surface area (Å²) in [6, 6.07) is 5.33. The number of nitrogens with one attached hydrogen (secondary N) is 2.